The highest BCUT2D eigenvalue weighted by Gasteiger charge is 2.12. The normalized spacial score (nSPS) is 10.5. The molecule has 0 unspecified atom stereocenters. The molecule has 3 rings (SSSR count). The second kappa shape index (κ2) is 9.55. The molecule has 2 aromatic heterocycles. The van der Waals surface area contributed by atoms with Crippen LogP contribution in [0.2, 0.25) is 0 Å². The molecule has 0 atom stereocenters. The first kappa shape index (κ1) is 19.4. The van der Waals surface area contributed by atoms with Gasteiger partial charge in [0.15, 0.2) is 0 Å². The van der Waals surface area contributed by atoms with Gasteiger partial charge in [0.1, 0.15) is 11.5 Å². The lowest BCUT2D eigenvalue weighted by Crippen LogP contribution is -2.26. The van der Waals surface area contributed by atoms with Crippen LogP contribution in [0.5, 0.6) is 5.75 Å². The van der Waals surface area contributed by atoms with Crippen LogP contribution in [0.1, 0.15) is 33.8 Å². The zero-order valence-electron chi connectivity index (χ0n) is 16.1. The minimum absolute atomic E-state index is 0.173. The van der Waals surface area contributed by atoms with Crippen molar-refractivity contribution in [3.05, 3.63) is 71.4 Å². The Morgan fingerprint density at radius 2 is 2.07 bits per heavy atom. The molecule has 0 saturated heterocycles. The van der Waals surface area contributed by atoms with E-state index in [1.54, 1.807) is 26.5 Å². The molecule has 2 heterocycles. The third-order valence-corrected chi connectivity index (χ3v) is 4.32. The van der Waals surface area contributed by atoms with Crippen LogP contribution in [-0.4, -0.2) is 29.5 Å². The summed E-state index contributed by atoms with van der Waals surface area (Å²) < 4.78 is 10.6. The molecule has 0 radical (unpaired) electrons. The van der Waals surface area contributed by atoms with Gasteiger partial charge < -0.3 is 19.8 Å². The third-order valence-electron chi connectivity index (χ3n) is 4.32. The van der Waals surface area contributed by atoms with Gasteiger partial charge in [0.05, 0.1) is 24.6 Å². The van der Waals surface area contributed by atoms with Crippen molar-refractivity contribution in [2.24, 2.45) is 0 Å². The molecule has 1 aromatic carbocycles. The van der Waals surface area contributed by atoms with Gasteiger partial charge in [0.25, 0.3) is 5.91 Å². The number of carbonyl (C=O) groups excluding carboxylic acids is 1. The summed E-state index contributed by atoms with van der Waals surface area (Å²) in [5.41, 5.74) is 2.10. The molecule has 7 nitrogen and oxygen atoms in total. The van der Waals surface area contributed by atoms with Crippen molar-refractivity contribution in [1.82, 2.24) is 15.3 Å². The van der Waals surface area contributed by atoms with E-state index in [0.717, 1.165) is 29.9 Å². The summed E-state index contributed by atoms with van der Waals surface area (Å²) in [6.07, 6.45) is 4.79. The van der Waals surface area contributed by atoms with Crippen molar-refractivity contribution in [3.63, 3.8) is 0 Å². The number of ether oxygens (including phenoxy) is 1. The molecule has 2 N–H and O–H groups in total. The standard InChI is InChI=1S/C21H24N4O3/c1-15-18(20(26)22-11-5-8-17-9-6-12-28-17)14-24-21(25-15)23-13-16-7-3-4-10-19(16)27-2/h3-4,6-7,9-10,12,14H,5,8,11,13H2,1-2H3,(H,22,26)(H,23,24,25). The Morgan fingerprint density at radius 3 is 2.82 bits per heavy atom. The summed E-state index contributed by atoms with van der Waals surface area (Å²) in [4.78, 5) is 21.0. The number of rotatable bonds is 9. The number of nitrogens with one attached hydrogen (secondary N) is 2. The lowest BCUT2D eigenvalue weighted by molar-refractivity contribution is 0.0951. The van der Waals surface area contributed by atoms with Gasteiger partial charge in [-0.2, -0.15) is 0 Å². The number of benzene rings is 1. The first-order chi connectivity index (χ1) is 13.7. The minimum Gasteiger partial charge on any atom is -0.496 e. The largest absolute Gasteiger partial charge is 0.496 e. The fourth-order valence-electron chi connectivity index (χ4n) is 2.81. The number of aryl methyl sites for hydroxylation is 2. The van der Waals surface area contributed by atoms with Crippen molar-refractivity contribution in [3.8, 4) is 5.75 Å². The topological polar surface area (TPSA) is 89.3 Å². The van der Waals surface area contributed by atoms with Crippen molar-refractivity contribution in [2.45, 2.75) is 26.3 Å². The van der Waals surface area contributed by atoms with Crippen molar-refractivity contribution >= 4 is 11.9 Å². The van der Waals surface area contributed by atoms with Crippen LogP contribution in [-0.2, 0) is 13.0 Å². The van der Waals surface area contributed by atoms with E-state index in [9.17, 15) is 4.79 Å². The van der Waals surface area contributed by atoms with Gasteiger partial charge in [-0.3, -0.25) is 4.79 Å². The number of amides is 1. The zero-order valence-corrected chi connectivity index (χ0v) is 16.1. The van der Waals surface area contributed by atoms with Crippen molar-refractivity contribution in [1.29, 1.82) is 0 Å². The molecule has 7 heteroatoms. The molecule has 146 valence electrons. The number of methoxy groups -OCH3 is 1. The summed E-state index contributed by atoms with van der Waals surface area (Å²) in [5, 5.41) is 6.06. The molecule has 1 amide bonds. The van der Waals surface area contributed by atoms with Crippen LogP contribution in [0.3, 0.4) is 0 Å². The summed E-state index contributed by atoms with van der Waals surface area (Å²) in [6.45, 7) is 2.89. The third kappa shape index (κ3) is 5.09. The maximum atomic E-state index is 12.3. The van der Waals surface area contributed by atoms with E-state index < -0.39 is 0 Å². The number of para-hydroxylation sites is 1. The lowest BCUT2D eigenvalue weighted by atomic mass is 10.2. The van der Waals surface area contributed by atoms with E-state index in [2.05, 4.69) is 20.6 Å². The number of anilines is 1. The molecule has 0 saturated carbocycles. The maximum absolute atomic E-state index is 12.3. The summed E-state index contributed by atoms with van der Waals surface area (Å²) in [7, 11) is 1.64. The Kier molecular flexibility index (Phi) is 6.62. The highest BCUT2D eigenvalue weighted by atomic mass is 16.5. The molecule has 0 aliphatic heterocycles. The molecule has 3 aromatic rings. The second-order valence-electron chi connectivity index (χ2n) is 6.30. The van der Waals surface area contributed by atoms with Crippen LogP contribution in [0.25, 0.3) is 0 Å². The quantitative estimate of drug-likeness (QED) is 0.553. The average Bonchev–Trinajstić information content (AvgIpc) is 3.23. The van der Waals surface area contributed by atoms with E-state index in [1.807, 2.05) is 36.4 Å². The Labute approximate surface area is 164 Å². The number of nitrogens with zero attached hydrogens (tertiary/aromatic N) is 2. The predicted molar refractivity (Wildman–Crippen MR) is 106 cm³/mol. The second-order valence-corrected chi connectivity index (χ2v) is 6.30. The highest BCUT2D eigenvalue weighted by Crippen LogP contribution is 2.18. The first-order valence-corrected chi connectivity index (χ1v) is 9.17. The number of furan rings is 1. The number of hydrogen-bond acceptors (Lipinski definition) is 6. The molecule has 0 spiro atoms. The van der Waals surface area contributed by atoms with Crippen LogP contribution >= 0.6 is 0 Å². The van der Waals surface area contributed by atoms with Gasteiger partial charge in [0.2, 0.25) is 5.95 Å². The summed E-state index contributed by atoms with van der Waals surface area (Å²) >= 11 is 0. The van der Waals surface area contributed by atoms with Crippen molar-refractivity contribution in [2.75, 3.05) is 19.0 Å². The van der Waals surface area contributed by atoms with E-state index >= 15 is 0 Å². The van der Waals surface area contributed by atoms with Crippen LogP contribution in [0, 0.1) is 6.92 Å². The predicted octanol–water partition coefficient (Wildman–Crippen LogP) is 3.36. The van der Waals surface area contributed by atoms with Crippen LogP contribution < -0.4 is 15.4 Å². The molecule has 28 heavy (non-hydrogen) atoms. The molecule has 0 aliphatic rings. The zero-order chi connectivity index (χ0) is 19.8. The monoisotopic (exact) mass is 380 g/mol. The highest BCUT2D eigenvalue weighted by molar-refractivity contribution is 5.94. The van der Waals surface area contributed by atoms with Crippen LogP contribution in [0.15, 0.2) is 53.3 Å². The number of aromatic nitrogens is 2. The Bertz CT molecular complexity index is 910. The maximum Gasteiger partial charge on any atom is 0.254 e. The van der Waals surface area contributed by atoms with Gasteiger partial charge in [-0.1, -0.05) is 18.2 Å². The Morgan fingerprint density at radius 1 is 1.21 bits per heavy atom. The SMILES string of the molecule is COc1ccccc1CNc1ncc(C(=O)NCCCc2ccco2)c(C)n1. The first-order valence-electron chi connectivity index (χ1n) is 9.17. The lowest BCUT2D eigenvalue weighted by Gasteiger charge is -2.11. The summed E-state index contributed by atoms with van der Waals surface area (Å²) in [5.74, 6) is 2.02. The van der Waals surface area contributed by atoms with E-state index in [-0.39, 0.29) is 5.91 Å². The number of hydrogen-bond donors (Lipinski definition) is 2. The van der Waals surface area contributed by atoms with Gasteiger partial charge in [-0.25, -0.2) is 9.97 Å². The average molecular weight is 380 g/mol. The summed E-state index contributed by atoms with van der Waals surface area (Å²) in [6, 6.07) is 11.5. The van der Waals surface area contributed by atoms with Gasteiger partial charge in [-0.15, -0.1) is 0 Å². The Balaban J connectivity index is 1.52. The smallest absolute Gasteiger partial charge is 0.254 e. The Hall–Kier alpha value is -3.35. The van der Waals surface area contributed by atoms with E-state index in [0.29, 0.717) is 30.3 Å². The van der Waals surface area contributed by atoms with E-state index in [1.165, 1.54) is 0 Å². The molecular weight excluding hydrogens is 356 g/mol. The number of carbonyl (C=O) groups is 1. The van der Waals surface area contributed by atoms with E-state index in [4.69, 9.17) is 9.15 Å². The fraction of sp³-hybridized carbons (Fsp3) is 0.286. The van der Waals surface area contributed by atoms with Gasteiger partial charge in [0, 0.05) is 31.3 Å². The minimum atomic E-state index is -0.173. The molecule has 0 fully saturated rings. The molecule has 0 bridgehead atoms. The molecule has 0 aliphatic carbocycles. The fourth-order valence-corrected chi connectivity index (χ4v) is 2.81. The van der Waals surface area contributed by atoms with Gasteiger partial charge >= 0.3 is 0 Å². The van der Waals surface area contributed by atoms with Crippen LogP contribution in [0.4, 0.5) is 5.95 Å². The van der Waals surface area contributed by atoms with Crippen molar-refractivity contribution < 1.29 is 13.9 Å². The molecular formula is C21H24N4O3. The van der Waals surface area contributed by atoms with Gasteiger partial charge in [-0.05, 0) is 31.5 Å².